The van der Waals surface area contributed by atoms with Crippen molar-refractivity contribution in [1.29, 1.82) is 0 Å². The van der Waals surface area contributed by atoms with Crippen LogP contribution in [0.2, 0.25) is 0 Å². The van der Waals surface area contributed by atoms with Gasteiger partial charge < -0.3 is 5.32 Å². The summed E-state index contributed by atoms with van der Waals surface area (Å²) < 4.78 is 26.7. The second-order valence-corrected chi connectivity index (χ2v) is 7.78. The third-order valence-electron chi connectivity index (χ3n) is 4.21. The fraction of sp³-hybridized carbons (Fsp3) is 0.600. The molecule has 21 heavy (non-hydrogen) atoms. The molecule has 118 valence electrons. The molecule has 1 atom stereocenters. The molecular formula is C15H23ClN2O2S. The minimum Gasteiger partial charge on any atom is -0.308 e. The molecule has 1 aliphatic heterocycles. The number of rotatable bonds is 6. The van der Waals surface area contributed by atoms with Crippen LogP contribution in [0.25, 0.3) is 0 Å². The number of sulfonamides is 1. The van der Waals surface area contributed by atoms with E-state index in [2.05, 4.69) is 22.2 Å². The fourth-order valence-corrected chi connectivity index (χ4v) is 3.99. The minimum atomic E-state index is -3.13. The van der Waals surface area contributed by atoms with Crippen molar-refractivity contribution in [2.75, 3.05) is 18.8 Å². The van der Waals surface area contributed by atoms with Gasteiger partial charge in [-0.2, -0.15) is 0 Å². The van der Waals surface area contributed by atoms with Crippen LogP contribution in [0, 0.1) is 5.92 Å². The highest BCUT2D eigenvalue weighted by Crippen LogP contribution is 2.32. The highest BCUT2D eigenvalue weighted by atomic mass is 35.5. The Bertz CT molecular complexity index is 573. The van der Waals surface area contributed by atoms with Gasteiger partial charge in [0.25, 0.3) is 0 Å². The normalized spacial score (nSPS) is 21.4. The average molecular weight is 331 g/mol. The molecule has 2 N–H and O–H groups in total. The Morgan fingerprint density at radius 1 is 1.24 bits per heavy atom. The average Bonchev–Trinajstić information content (AvgIpc) is 3.27. The maximum atomic E-state index is 12.0. The van der Waals surface area contributed by atoms with Crippen LogP contribution in [0.5, 0.6) is 0 Å². The maximum absolute atomic E-state index is 12.0. The van der Waals surface area contributed by atoms with Gasteiger partial charge in [-0.3, -0.25) is 0 Å². The molecule has 0 spiro atoms. The van der Waals surface area contributed by atoms with Crippen molar-refractivity contribution >= 4 is 22.4 Å². The van der Waals surface area contributed by atoms with Crippen molar-refractivity contribution in [3.8, 4) is 0 Å². The van der Waals surface area contributed by atoms with E-state index < -0.39 is 10.0 Å². The largest absolute Gasteiger partial charge is 0.308 e. The van der Waals surface area contributed by atoms with Crippen LogP contribution in [-0.4, -0.2) is 27.3 Å². The first kappa shape index (κ1) is 16.7. The lowest BCUT2D eigenvalue weighted by atomic mass is 9.95. The molecule has 0 bridgehead atoms. The number of hydrogen-bond donors (Lipinski definition) is 2. The number of halogens is 1. The Morgan fingerprint density at radius 2 is 2.00 bits per heavy atom. The molecule has 0 saturated heterocycles. The zero-order valence-corrected chi connectivity index (χ0v) is 13.7. The molecule has 1 aromatic carbocycles. The summed E-state index contributed by atoms with van der Waals surface area (Å²) in [6.07, 6.45) is 4.23. The SMILES string of the molecule is Cl.O=S(=O)(CCC1CC1)NCC1NCCc2ccccc21. The Hall–Kier alpha value is -0.620. The molecule has 0 amide bonds. The van der Waals surface area contributed by atoms with Crippen molar-refractivity contribution in [3.05, 3.63) is 35.4 Å². The number of benzene rings is 1. The summed E-state index contributed by atoms with van der Waals surface area (Å²) in [6.45, 7) is 1.36. The van der Waals surface area contributed by atoms with Gasteiger partial charge in [0.1, 0.15) is 0 Å². The van der Waals surface area contributed by atoms with Crippen LogP contribution in [0.1, 0.15) is 36.4 Å². The van der Waals surface area contributed by atoms with Crippen molar-refractivity contribution in [1.82, 2.24) is 10.0 Å². The first-order valence-electron chi connectivity index (χ1n) is 7.42. The molecule has 1 saturated carbocycles. The van der Waals surface area contributed by atoms with Gasteiger partial charge >= 0.3 is 0 Å². The number of nitrogens with one attached hydrogen (secondary N) is 2. The summed E-state index contributed by atoms with van der Waals surface area (Å²) in [6, 6.07) is 8.37. The molecule has 0 radical (unpaired) electrons. The van der Waals surface area contributed by atoms with Crippen molar-refractivity contribution < 1.29 is 8.42 Å². The Morgan fingerprint density at radius 3 is 2.76 bits per heavy atom. The van der Waals surface area contributed by atoms with E-state index >= 15 is 0 Å². The predicted molar refractivity (Wildman–Crippen MR) is 87.3 cm³/mol. The Labute approximate surface area is 133 Å². The van der Waals surface area contributed by atoms with Gasteiger partial charge in [-0.05, 0) is 36.4 Å². The van der Waals surface area contributed by atoms with Crippen LogP contribution in [0.4, 0.5) is 0 Å². The molecule has 0 aromatic heterocycles. The van der Waals surface area contributed by atoms with Gasteiger partial charge in [0.05, 0.1) is 5.75 Å². The Kier molecular flexibility index (Phi) is 5.66. The molecule has 1 aromatic rings. The lowest BCUT2D eigenvalue weighted by Gasteiger charge is -2.27. The van der Waals surface area contributed by atoms with Gasteiger partial charge in [0.15, 0.2) is 0 Å². The monoisotopic (exact) mass is 330 g/mol. The molecule has 1 unspecified atom stereocenters. The number of fused-ring (bicyclic) bond motifs is 1. The van der Waals surface area contributed by atoms with Crippen LogP contribution < -0.4 is 10.0 Å². The van der Waals surface area contributed by atoms with E-state index in [1.165, 1.54) is 24.0 Å². The summed E-state index contributed by atoms with van der Waals surface area (Å²) in [5, 5.41) is 3.40. The van der Waals surface area contributed by atoms with E-state index in [0.717, 1.165) is 19.4 Å². The van der Waals surface area contributed by atoms with Gasteiger partial charge in [-0.25, -0.2) is 13.1 Å². The molecule has 2 aliphatic rings. The highest BCUT2D eigenvalue weighted by Gasteiger charge is 2.25. The fourth-order valence-electron chi connectivity index (χ4n) is 2.79. The minimum absolute atomic E-state index is 0. The van der Waals surface area contributed by atoms with Crippen LogP contribution in [0.15, 0.2) is 24.3 Å². The predicted octanol–water partition coefficient (Wildman–Crippen LogP) is 2.01. The van der Waals surface area contributed by atoms with Crippen LogP contribution >= 0.6 is 12.4 Å². The number of hydrogen-bond acceptors (Lipinski definition) is 3. The van der Waals surface area contributed by atoms with E-state index in [4.69, 9.17) is 0 Å². The van der Waals surface area contributed by atoms with E-state index in [-0.39, 0.29) is 24.2 Å². The van der Waals surface area contributed by atoms with Crippen LogP contribution in [0.3, 0.4) is 0 Å². The van der Waals surface area contributed by atoms with E-state index in [9.17, 15) is 8.42 Å². The molecule has 1 fully saturated rings. The first-order valence-corrected chi connectivity index (χ1v) is 9.08. The molecule has 6 heteroatoms. The molecule has 1 heterocycles. The lowest BCUT2D eigenvalue weighted by Crippen LogP contribution is -2.39. The second-order valence-electron chi connectivity index (χ2n) is 5.85. The highest BCUT2D eigenvalue weighted by molar-refractivity contribution is 7.89. The lowest BCUT2D eigenvalue weighted by molar-refractivity contribution is 0.491. The van der Waals surface area contributed by atoms with Crippen molar-refractivity contribution in [2.45, 2.75) is 31.7 Å². The summed E-state index contributed by atoms with van der Waals surface area (Å²) in [7, 11) is -3.13. The second kappa shape index (κ2) is 7.09. The molecule has 1 aliphatic carbocycles. The zero-order chi connectivity index (χ0) is 14.0. The zero-order valence-electron chi connectivity index (χ0n) is 12.0. The van der Waals surface area contributed by atoms with Gasteiger partial charge in [0, 0.05) is 12.6 Å². The molecular weight excluding hydrogens is 308 g/mol. The van der Waals surface area contributed by atoms with E-state index in [1.54, 1.807) is 0 Å². The van der Waals surface area contributed by atoms with Crippen molar-refractivity contribution in [3.63, 3.8) is 0 Å². The molecule has 3 rings (SSSR count). The summed E-state index contributed by atoms with van der Waals surface area (Å²) in [5.41, 5.74) is 2.55. The summed E-state index contributed by atoms with van der Waals surface area (Å²) in [4.78, 5) is 0. The van der Waals surface area contributed by atoms with Gasteiger partial charge in [-0.15, -0.1) is 12.4 Å². The standard InChI is InChI=1S/C15H22N2O2S.ClH/c18-20(19,10-8-12-5-6-12)17-11-15-14-4-2-1-3-13(14)7-9-16-15;/h1-4,12,15-17H,5-11H2;1H. The molecule has 4 nitrogen and oxygen atoms in total. The summed E-state index contributed by atoms with van der Waals surface area (Å²) >= 11 is 0. The topological polar surface area (TPSA) is 58.2 Å². The summed E-state index contributed by atoms with van der Waals surface area (Å²) in [5.74, 6) is 0.923. The van der Waals surface area contributed by atoms with Crippen molar-refractivity contribution in [2.24, 2.45) is 5.92 Å². The van der Waals surface area contributed by atoms with Gasteiger partial charge in [0.2, 0.25) is 10.0 Å². The van der Waals surface area contributed by atoms with Crippen LogP contribution in [-0.2, 0) is 16.4 Å². The Balaban J connectivity index is 0.00000161. The third kappa shape index (κ3) is 4.68. The third-order valence-corrected chi connectivity index (χ3v) is 5.59. The first-order chi connectivity index (χ1) is 9.64. The van der Waals surface area contributed by atoms with E-state index in [1.807, 2.05) is 12.1 Å². The quantitative estimate of drug-likeness (QED) is 0.839. The van der Waals surface area contributed by atoms with Gasteiger partial charge in [-0.1, -0.05) is 37.1 Å². The van der Waals surface area contributed by atoms with E-state index in [0.29, 0.717) is 12.5 Å². The smallest absolute Gasteiger partial charge is 0.211 e. The maximum Gasteiger partial charge on any atom is 0.211 e.